The molecule has 5 heteroatoms. The fourth-order valence-corrected chi connectivity index (χ4v) is 2.73. The molecule has 2 N–H and O–H groups in total. The second kappa shape index (κ2) is 6.90. The number of carbonyl (C=O) groups is 1. The van der Waals surface area contributed by atoms with Crippen molar-refractivity contribution in [3.8, 4) is 11.1 Å². The molecule has 1 aliphatic rings. The SMILES string of the molecule is O=C(N[C@H]1CCCNC1)c1cncc(-c2ccc(Cl)cc2)c1. The van der Waals surface area contributed by atoms with Gasteiger partial charge in [-0.05, 0) is 43.1 Å². The molecule has 0 unspecified atom stereocenters. The van der Waals surface area contributed by atoms with Crippen LogP contribution in [0.5, 0.6) is 0 Å². The molecule has 3 rings (SSSR count). The van der Waals surface area contributed by atoms with E-state index in [4.69, 9.17) is 11.6 Å². The normalized spacial score (nSPS) is 18.0. The Kier molecular flexibility index (Phi) is 4.71. The average molecular weight is 316 g/mol. The molecule has 1 aromatic carbocycles. The van der Waals surface area contributed by atoms with E-state index in [0.717, 1.165) is 37.1 Å². The highest BCUT2D eigenvalue weighted by molar-refractivity contribution is 6.30. The van der Waals surface area contributed by atoms with Gasteiger partial charge in [-0.3, -0.25) is 9.78 Å². The van der Waals surface area contributed by atoms with Gasteiger partial charge in [0.25, 0.3) is 5.91 Å². The van der Waals surface area contributed by atoms with E-state index < -0.39 is 0 Å². The molecule has 2 aromatic rings. The van der Waals surface area contributed by atoms with Crippen LogP contribution in [0.25, 0.3) is 11.1 Å². The first-order chi connectivity index (χ1) is 10.7. The summed E-state index contributed by atoms with van der Waals surface area (Å²) in [6.07, 6.45) is 5.46. The summed E-state index contributed by atoms with van der Waals surface area (Å²) < 4.78 is 0. The van der Waals surface area contributed by atoms with Crippen LogP contribution in [0.4, 0.5) is 0 Å². The molecule has 1 saturated heterocycles. The zero-order valence-electron chi connectivity index (χ0n) is 12.2. The van der Waals surface area contributed by atoms with Crippen molar-refractivity contribution in [3.05, 3.63) is 53.3 Å². The van der Waals surface area contributed by atoms with Crippen LogP contribution < -0.4 is 10.6 Å². The minimum absolute atomic E-state index is 0.0722. The number of pyridine rings is 1. The summed E-state index contributed by atoms with van der Waals surface area (Å²) in [6.45, 7) is 1.86. The first kappa shape index (κ1) is 15.0. The van der Waals surface area contributed by atoms with Gasteiger partial charge in [-0.1, -0.05) is 23.7 Å². The van der Waals surface area contributed by atoms with Crippen molar-refractivity contribution >= 4 is 17.5 Å². The number of rotatable bonds is 3. The standard InChI is InChI=1S/C17H18ClN3O/c18-15-5-3-12(4-6-15)13-8-14(10-20-9-13)17(22)21-16-2-1-7-19-11-16/h3-6,8-10,16,19H,1-2,7,11H2,(H,21,22)/t16-/m0/s1. The van der Waals surface area contributed by atoms with E-state index >= 15 is 0 Å². The topological polar surface area (TPSA) is 54.0 Å². The lowest BCUT2D eigenvalue weighted by atomic mass is 10.0. The van der Waals surface area contributed by atoms with E-state index in [1.165, 1.54) is 0 Å². The van der Waals surface area contributed by atoms with Gasteiger partial charge in [0.15, 0.2) is 0 Å². The molecule has 0 bridgehead atoms. The number of carbonyl (C=O) groups excluding carboxylic acids is 1. The molecule has 0 spiro atoms. The Labute approximate surface area is 134 Å². The van der Waals surface area contributed by atoms with Crippen molar-refractivity contribution in [2.45, 2.75) is 18.9 Å². The Balaban J connectivity index is 1.75. The summed E-state index contributed by atoms with van der Waals surface area (Å²) in [5, 5.41) is 7.04. The van der Waals surface area contributed by atoms with E-state index in [-0.39, 0.29) is 11.9 Å². The molecule has 0 radical (unpaired) electrons. The van der Waals surface area contributed by atoms with Crippen molar-refractivity contribution in [3.63, 3.8) is 0 Å². The van der Waals surface area contributed by atoms with E-state index in [2.05, 4.69) is 15.6 Å². The van der Waals surface area contributed by atoms with Crippen molar-refractivity contribution in [2.75, 3.05) is 13.1 Å². The van der Waals surface area contributed by atoms with Gasteiger partial charge in [0.05, 0.1) is 5.56 Å². The zero-order valence-corrected chi connectivity index (χ0v) is 12.9. The van der Waals surface area contributed by atoms with Gasteiger partial charge in [-0.25, -0.2) is 0 Å². The summed E-state index contributed by atoms with van der Waals surface area (Å²) in [7, 11) is 0. The zero-order chi connectivity index (χ0) is 15.4. The van der Waals surface area contributed by atoms with E-state index in [1.54, 1.807) is 12.4 Å². The highest BCUT2D eigenvalue weighted by Crippen LogP contribution is 2.21. The number of nitrogens with one attached hydrogen (secondary N) is 2. The molecule has 1 atom stereocenters. The summed E-state index contributed by atoms with van der Waals surface area (Å²) in [4.78, 5) is 16.5. The lowest BCUT2D eigenvalue weighted by molar-refractivity contribution is 0.0930. The lowest BCUT2D eigenvalue weighted by Crippen LogP contribution is -2.45. The van der Waals surface area contributed by atoms with Crippen molar-refractivity contribution in [1.29, 1.82) is 0 Å². The summed E-state index contributed by atoms with van der Waals surface area (Å²) >= 11 is 5.90. The largest absolute Gasteiger partial charge is 0.348 e. The fraction of sp³-hybridized carbons (Fsp3) is 0.294. The van der Waals surface area contributed by atoms with Crippen molar-refractivity contribution in [1.82, 2.24) is 15.6 Å². The van der Waals surface area contributed by atoms with Crippen LogP contribution >= 0.6 is 11.6 Å². The highest BCUT2D eigenvalue weighted by Gasteiger charge is 2.16. The molecule has 1 aromatic heterocycles. The third-order valence-electron chi connectivity index (χ3n) is 3.81. The minimum Gasteiger partial charge on any atom is -0.348 e. The molecule has 0 saturated carbocycles. The number of hydrogen-bond donors (Lipinski definition) is 2. The van der Waals surface area contributed by atoms with E-state index in [9.17, 15) is 4.79 Å². The number of piperidine rings is 1. The number of benzene rings is 1. The van der Waals surface area contributed by atoms with E-state index in [1.807, 2.05) is 30.3 Å². The Hall–Kier alpha value is -1.91. The fourth-order valence-electron chi connectivity index (χ4n) is 2.61. The van der Waals surface area contributed by atoms with Crippen molar-refractivity contribution < 1.29 is 4.79 Å². The predicted molar refractivity (Wildman–Crippen MR) is 88.0 cm³/mol. The van der Waals surface area contributed by atoms with Crippen LogP contribution in [-0.2, 0) is 0 Å². The minimum atomic E-state index is -0.0722. The number of halogens is 1. The molecule has 2 heterocycles. The van der Waals surface area contributed by atoms with Gasteiger partial charge >= 0.3 is 0 Å². The van der Waals surface area contributed by atoms with Crippen LogP contribution in [0.2, 0.25) is 5.02 Å². The first-order valence-electron chi connectivity index (χ1n) is 7.45. The lowest BCUT2D eigenvalue weighted by Gasteiger charge is -2.23. The van der Waals surface area contributed by atoms with Crippen LogP contribution in [-0.4, -0.2) is 30.0 Å². The molecule has 1 amide bonds. The third-order valence-corrected chi connectivity index (χ3v) is 4.06. The molecular formula is C17H18ClN3O. The molecule has 1 aliphatic heterocycles. The van der Waals surface area contributed by atoms with Crippen LogP contribution in [0, 0.1) is 0 Å². The average Bonchev–Trinajstić information content (AvgIpc) is 2.56. The van der Waals surface area contributed by atoms with Crippen LogP contribution in [0.1, 0.15) is 23.2 Å². The van der Waals surface area contributed by atoms with Gasteiger partial charge in [-0.2, -0.15) is 0 Å². The maximum absolute atomic E-state index is 12.4. The summed E-state index contributed by atoms with van der Waals surface area (Å²) in [5.41, 5.74) is 2.48. The van der Waals surface area contributed by atoms with Gasteiger partial charge in [0.2, 0.25) is 0 Å². The maximum atomic E-state index is 12.4. The Bertz CT molecular complexity index is 651. The second-order valence-corrected chi connectivity index (χ2v) is 5.92. The monoisotopic (exact) mass is 315 g/mol. The molecule has 0 aliphatic carbocycles. The quantitative estimate of drug-likeness (QED) is 0.915. The van der Waals surface area contributed by atoms with Gasteiger partial charge < -0.3 is 10.6 Å². The van der Waals surface area contributed by atoms with Crippen molar-refractivity contribution in [2.24, 2.45) is 0 Å². The smallest absolute Gasteiger partial charge is 0.253 e. The van der Waals surface area contributed by atoms with Crippen LogP contribution in [0.3, 0.4) is 0 Å². The highest BCUT2D eigenvalue weighted by atomic mass is 35.5. The second-order valence-electron chi connectivity index (χ2n) is 5.49. The van der Waals surface area contributed by atoms with Gasteiger partial charge in [0.1, 0.15) is 0 Å². The molecule has 4 nitrogen and oxygen atoms in total. The van der Waals surface area contributed by atoms with E-state index in [0.29, 0.717) is 10.6 Å². The number of amides is 1. The first-order valence-corrected chi connectivity index (χ1v) is 7.83. The number of nitrogens with zero attached hydrogens (tertiary/aromatic N) is 1. The predicted octanol–water partition coefficient (Wildman–Crippen LogP) is 2.88. The molecule has 1 fully saturated rings. The van der Waals surface area contributed by atoms with Gasteiger partial charge in [0, 0.05) is 35.6 Å². The number of aromatic nitrogens is 1. The Morgan fingerprint density at radius 2 is 2.05 bits per heavy atom. The number of hydrogen-bond acceptors (Lipinski definition) is 3. The molecule has 114 valence electrons. The van der Waals surface area contributed by atoms with Crippen LogP contribution in [0.15, 0.2) is 42.7 Å². The Morgan fingerprint density at radius 1 is 1.23 bits per heavy atom. The van der Waals surface area contributed by atoms with Gasteiger partial charge in [-0.15, -0.1) is 0 Å². The maximum Gasteiger partial charge on any atom is 0.253 e. The molecular weight excluding hydrogens is 298 g/mol. The Morgan fingerprint density at radius 3 is 2.77 bits per heavy atom. The summed E-state index contributed by atoms with van der Waals surface area (Å²) in [5.74, 6) is -0.0722. The third kappa shape index (κ3) is 3.64. The summed E-state index contributed by atoms with van der Waals surface area (Å²) in [6, 6.07) is 9.56. The molecule has 22 heavy (non-hydrogen) atoms.